The number of carboxylic acids is 1. The van der Waals surface area contributed by atoms with Gasteiger partial charge in [0.25, 0.3) is 0 Å². The number of nitrogens with zero attached hydrogens (tertiary/aromatic N) is 1. The van der Waals surface area contributed by atoms with Crippen LogP contribution in [0.2, 0.25) is 0 Å². The highest BCUT2D eigenvalue weighted by Crippen LogP contribution is 1.97. The Hall–Kier alpha value is -0.980. The summed E-state index contributed by atoms with van der Waals surface area (Å²) in [6.45, 7) is 3.40. The van der Waals surface area contributed by atoms with E-state index in [2.05, 4.69) is 11.8 Å². The molecule has 2 atom stereocenters. The predicted octanol–water partition coefficient (Wildman–Crippen LogP) is -1.43. The first kappa shape index (κ1) is 12.0. The molecule has 6 nitrogen and oxygen atoms in total. The van der Waals surface area contributed by atoms with Crippen LogP contribution in [-0.2, 0) is 4.79 Å². The lowest BCUT2D eigenvalue weighted by molar-refractivity contribution is -0.854. The molecule has 0 aliphatic rings. The molecule has 0 aliphatic carbocycles. The van der Waals surface area contributed by atoms with Crippen molar-refractivity contribution in [1.29, 1.82) is 0 Å². The third-order valence-electron chi connectivity index (χ3n) is 1.65. The molecule has 1 unspecified atom stereocenters. The lowest BCUT2D eigenvalue weighted by Gasteiger charge is -2.13. The van der Waals surface area contributed by atoms with Gasteiger partial charge < -0.3 is 16.0 Å². The largest absolute Gasteiger partial charge is 0.606 e. The number of carbonyl (C=O) groups is 1. The van der Waals surface area contributed by atoms with Gasteiger partial charge in [-0.05, 0) is 19.3 Å². The lowest BCUT2D eigenvalue weighted by Crippen LogP contribution is -3.02. The van der Waals surface area contributed by atoms with Gasteiger partial charge in [0.15, 0.2) is 0 Å². The summed E-state index contributed by atoms with van der Waals surface area (Å²) >= 11 is 0. The maximum atomic E-state index is 10.6. The van der Waals surface area contributed by atoms with Crippen molar-refractivity contribution in [2.45, 2.75) is 25.3 Å². The van der Waals surface area contributed by atoms with Crippen LogP contribution in [0.15, 0.2) is 5.10 Å². The molecule has 0 aromatic heterocycles. The summed E-state index contributed by atoms with van der Waals surface area (Å²) in [6, 6.07) is -0.827. The van der Waals surface area contributed by atoms with Crippen molar-refractivity contribution >= 4 is 12.7 Å². The third-order valence-corrected chi connectivity index (χ3v) is 1.65. The van der Waals surface area contributed by atoms with E-state index in [0.29, 0.717) is 25.8 Å². The summed E-state index contributed by atoms with van der Waals surface area (Å²) in [4.78, 5) is 10.3. The summed E-state index contributed by atoms with van der Waals surface area (Å²) in [5.41, 5.74) is 5.25. The van der Waals surface area contributed by atoms with Crippen molar-refractivity contribution < 1.29 is 15.1 Å². The van der Waals surface area contributed by atoms with E-state index in [9.17, 15) is 10.0 Å². The van der Waals surface area contributed by atoms with Gasteiger partial charge in [0, 0.05) is 6.72 Å². The van der Waals surface area contributed by atoms with Gasteiger partial charge in [0.1, 0.15) is 12.6 Å². The zero-order chi connectivity index (χ0) is 10.3. The lowest BCUT2D eigenvalue weighted by atomic mass is 10.1. The molecule has 0 spiro atoms. The fourth-order valence-electron chi connectivity index (χ4n) is 0.843. The second-order valence-electron chi connectivity index (χ2n) is 2.74. The van der Waals surface area contributed by atoms with Gasteiger partial charge in [-0.15, -0.1) is 0 Å². The highest BCUT2D eigenvalue weighted by Gasteiger charge is 2.10. The Morgan fingerprint density at radius 1 is 1.69 bits per heavy atom. The molecule has 0 heterocycles. The van der Waals surface area contributed by atoms with Gasteiger partial charge in [-0.2, -0.15) is 0 Å². The van der Waals surface area contributed by atoms with Crippen molar-refractivity contribution in [3.05, 3.63) is 5.21 Å². The highest BCUT2D eigenvalue weighted by atomic mass is 16.5. The molecule has 0 amide bonds. The van der Waals surface area contributed by atoms with Gasteiger partial charge >= 0.3 is 5.97 Å². The van der Waals surface area contributed by atoms with Crippen molar-refractivity contribution in [3.63, 3.8) is 0 Å². The zero-order valence-corrected chi connectivity index (χ0v) is 7.40. The molecule has 0 saturated heterocycles. The Balaban J connectivity index is 3.35. The molecule has 0 radical (unpaired) electrons. The second-order valence-corrected chi connectivity index (χ2v) is 2.74. The van der Waals surface area contributed by atoms with Crippen LogP contribution < -0.4 is 10.9 Å². The summed E-state index contributed by atoms with van der Waals surface area (Å²) < 4.78 is 0. The number of unbranched alkanes of at least 4 members (excludes halogenated alkanes) is 1. The standard InChI is InChI=1S/C7H15N3O3/c1-9-10(13)5-3-2-4-6(8)7(11)12/h6,10H,1-5,8H2,(H,11,12)/t6-/m0/s1. The van der Waals surface area contributed by atoms with Crippen LogP contribution in [0.4, 0.5) is 0 Å². The topological polar surface area (TPSA) is 103 Å². The number of hydrogen-bond donors (Lipinski definition) is 3. The molecule has 0 aromatic carbocycles. The maximum absolute atomic E-state index is 10.6. The maximum Gasteiger partial charge on any atom is 0.320 e. The number of rotatable bonds is 7. The number of hydroxylamine groups is 1. The minimum atomic E-state index is -1.01. The monoisotopic (exact) mass is 189 g/mol. The quantitative estimate of drug-likeness (QED) is 0.259. The molecule has 76 valence electrons. The molecule has 0 saturated carbocycles. The summed E-state index contributed by atoms with van der Waals surface area (Å²) in [5, 5.41) is 22.0. The highest BCUT2D eigenvalue weighted by molar-refractivity contribution is 5.72. The molecular formula is C7H15N3O3. The Morgan fingerprint density at radius 3 is 2.77 bits per heavy atom. The van der Waals surface area contributed by atoms with Gasteiger partial charge in [-0.1, -0.05) is 5.10 Å². The number of aliphatic carboxylic acids is 1. The second kappa shape index (κ2) is 6.53. The van der Waals surface area contributed by atoms with Crippen LogP contribution in [0.5, 0.6) is 0 Å². The summed E-state index contributed by atoms with van der Waals surface area (Å²) in [5.74, 6) is -1.01. The third kappa shape index (κ3) is 6.21. The van der Waals surface area contributed by atoms with Crippen LogP contribution >= 0.6 is 0 Å². The van der Waals surface area contributed by atoms with E-state index in [4.69, 9.17) is 10.8 Å². The summed E-state index contributed by atoms with van der Waals surface area (Å²) in [6.07, 6.45) is 1.62. The number of hydrogen-bond acceptors (Lipinski definition) is 4. The smallest absolute Gasteiger partial charge is 0.320 e. The van der Waals surface area contributed by atoms with Gasteiger partial charge in [0.05, 0.1) is 0 Å². The van der Waals surface area contributed by atoms with Crippen molar-refractivity contribution in [2.75, 3.05) is 6.54 Å². The Kier molecular flexibility index (Phi) is 6.03. The van der Waals surface area contributed by atoms with Gasteiger partial charge in [-0.3, -0.25) is 4.79 Å². The van der Waals surface area contributed by atoms with Crippen LogP contribution in [-0.4, -0.2) is 30.4 Å². The van der Waals surface area contributed by atoms with Crippen LogP contribution in [0.1, 0.15) is 19.3 Å². The Bertz CT molecular complexity index is 174. The molecule has 0 rings (SSSR count). The Labute approximate surface area is 76.6 Å². The first-order chi connectivity index (χ1) is 6.07. The fourth-order valence-corrected chi connectivity index (χ4v) is 0.843. The molecule has 4 N–H and O–H groups in total. The normalized spacial score (nSPS) is 14.9. The molecule has 13 heavy (non-hydrogen) atoms. The number of nitrogens with one attached hydrogen (secondary N) is 1. The van der Waals surface area contributed by atoms with Crippen LogP contribution in [0.25, 0.3) is 0 Å². The molecular weight excluding hydrogens is 174 g/mol. The van der Waals surface area contributed by atoms with Crippen molar-refractivity contribution in [1.82, 2.24) is 0 Å². The minimum absolute atomic E-state index is 0.260. The van der Waals surface area contributed by atoms with E-state index >= 15 is 0 Å². The Morgan fingerprint density at radius 2 is 2.31 bits per heavy atom. The van der Waals surface area contributed by atoms with Gasteiger partial charge in [-0.25, -0.2) is 5.17 Å². The fraction of sp³-hybridized carbons (Fsp3) is 0.714. The van der Waals surface area contributed by atoms with E-state index in [1.807, 2.05) is 0 Å². The van der Waals surface area contributed by atoms with Gasteiger partial charge in [0.2, 0.25) is 0 Å². The molecule has 6 heteroatoms. The van der Waals surface area contributed by atoms with E-state index in [0.717, 1.165) is 0 Å². The predicted molar refractivity (Wildman–Crippen MR) is 48.2 cm³/mol. The molecule has 0 aliphatic heterocycles. The molecule has 0 fully saturated rings. The van der Waals surface area contributed by atoms with E-state index in [-0.39, 0.29) is 5.17 Å². The van der Waals surface area contributed by atoms with E-state index in [1.165, 1.54) is 0 Å². The van der Waals surface area contributed by atoms with Crippen LogP contribution in [0, 0.1) is 5.21 Å². The SMILES string of the molecule is C=N[NH+]([O-])CCCC[C@H](N)C(=O)O. The zero-order valence-electron chi connectivity index (χ0n) is 7.40. The first-order valence-corrected chi connectivity index (χ1v) is 4.06. The molecule has 0 bridgehead atoms. The first-order valence-electron chi connectivity index (χ1n) is 4.06. The number of quaternary nitrogens is 1. The van der Waals surface area contributed by atoms with Crippen LogP contribution in [0.3, 0.4) is 0 Å². The van der Waals surface area contributed by atoms with E-state index < -0.39 is 12.0 Å². The number of carboxylic acid groups (broad SMARTS) is 1. The molecule has 0 aromatic rings. The van der Waals surface area contributed by atoms with Crippen molar-refractivity contribution in [2.24, 2.45) is 10.8 Å². The van der Waals surface area contributed by atoms with E-state index in [1.54, 1.807) is 0 Å². The van der Waals surface area contributed by atoms with Crippen molar-refractivity contribution in [3.8, 4) is 0 Å². The number of nitrogens with two attached hydrogens (primary N) is 1. The summed E-state index contributed by atoms with van der Waals surface area (Å²) in [7, 11) is 0. The minimum Gasteiger partial charge on any atom is -0.606 e. The average molecular weight is 189 g/mol. The average Bonchev–Trinajstić information content (AvgIpc) is 2.11.